The fourth-order valence-corrected chi connectivity index (χ4v) is 5.61. The van der Waals surface area contributed by atoms with E-state index in [-0.39, 0.29) is 11.7 Å². The molecule has 1 aliphatic heterocycles. The quantitative estimate of drug-likeness (QED) is 0.369. The lowest BCUT2D eigenvalue weighted by atomic mass is 9.94. The van der Waals surface area contributed by atoms with Gasteiger partial charge in [0.05, 0.1) is 6.57 Å². The van der Waals surface area contributed by atoms with Gasteiger partial charge in [0.1, 0.15) is 11.4 Å². The summed E-state index contributed by atoms with van der Waals surface area (Å²) in [5, 5.41) is 0.302. The van der Waals surface area contributed by atoms with E-state index in [9.17, 15) is 4.79 Å². The normalized spacial score (nSPS) is 18.6. The number of amides is 1. The van der Waals surface area contributed by atoms with Crippen LogP contribution in [0.5, 0.6) is 0 Å². The van der Waals surface area contributed by atoms with Gasteiger partial charge in [-0.15, -0.1) is 0 Å². The van der Waals surface area contributed by atoms with Crippen molar-refractivity contribution in [3.05, 3.63) is 64.8 Å². The average molecular weight is 479 g/mol. The number of benzene rings is 2. The molecule has 0 spiro atoms. The predicted molar refractivity (Wildman–Crippen MR) is 139 cm³/mol. The van der Waals surface area contributed by atoms with Crippen molar-refractivity contribution in [1.82, 2.24) is 4.90 Å². The Labute approximate surface area is 207 Å². The van der Waals surface area contributed by atoms with Gasteiger partial charge in [0.2, 0.25) is 0 Å². The van der Waals surface area contributed by atoms with Crippen LogP contribution >= 0.6 is 12.2 Å². The van der Waals surface area contributed by atoms with Gasteiger partial charge in [0.15, 0.2) is 10.8 Å². The second kappa shape index (κ2) is 9.44. The second-order valence-corrected chi connectivity index (χ2v) is 10.2. The number of anilines is 2. The third-order valence-corrected chi connectivity index (χ3v) is 7.50. The van der Waals surface area contributed by atoms with Gasteiger partial charge in [-0.2, -0.15) is 0 Å². The van der Waals surface area contributed by atoms with Crippen LogP contribution in [0.4, 0.5) is 21.5 Å². The highest BCUT2D eigenvalue weighted by Gasteiger charge is 2.50. The van der Waals surface area contributed by atoms with Crippen LogP contribution in [0.25, 0.3) is 4.85 Å². The Morgan fingerprint density at radius 3 is 2.44 bits per heavy atom. The second-order valence-electron chi connectivity index (χ2n) is 9.88. The predicted octanol–water partition coefficient (Wildman–Crippen LogP) is 6.37. The lowest BCUT2D eigenvalue weighted by Gasteiger charge is -2.32. The molecule has 0 aromatic heterocycles. The maximum Gasteiger partial charge on any atom is 0.259 e. The van der Waals surface area contributed by atoms with Crippen LogP contribution in [0.3, 0.4) is 0 Å². The number of hydrogen-bond donors (Lipinski definition) is 0. The van der Waals surface area contributed by atoms with E-state index >= 15 is 4.39 Å². The molecule has 0 bridgehead atoms. The summed E-state index contributed by atoms with van der Waals surface area (Å²) >= 11 is 5.73. The van der Waals surface area contributed by atoms with Gasteiger partial charge in [0.25, 0.3) is 5.91 Å². The van der Waals surface area contributed by atoms with E-state index in [1.807, 2.05) is 19.1 Å². The van der Waals surface area contributed by atoms with Gasteiger partial charge in [-0.05, 0) is 82.7 Å². The third kappa shape index (κ3) is 4.33. The van der Waals surface area contributed by atoms with Crippen molar-refractivity contribution in [2.75, 3.05) is 16.8 Å². The first-order valence-corrected chi connectivity index (χ1v) is 12.2. The zero-order chi connectivity index (χ0) is 24.6. The maximum atomic E-state index is 15.2. The Kier molecular flexibility index (Phi) is 6.75. The molecule has 1 saturated carbocycles. The number of aryl methyl sites for hydroxylation is 1. The maximum absolute atomic E-state index is 15.2. The van der Waals surface area contributed by atoms with Crippen molar-refractivity contribution in [2.45, 2.75) is 71.0 Å². The monoisotopic (exact) mass is 478 g/mol. The van der Waals surface area contributed by atoms with Crippen molar-refractivity contribution in [3.63, 3.8) is 0 Å². The van der Waals surface area contributed by atoms with Crippen LogP contribution in [0.2, 0.25) is 0 Å². The fraction of sp³-hybridized carbons (Fsp3) is 0.444. The number of carbonyl (C=O) groups is 1. The molecular formula is C27H31FN4OS. The Balaban J connectivity index is 1.60. The highest BCUT2D eigenvalue weighted by atomic mass is 32.1. The number of rotatable bonds is 5. The van der Waals surface area contributed by atoms with E-state index in [1.165, 1.54) is 43.1 Å². The minimum atomic E-state index is -0.976. The largest absolute Gasteiger partial charge is 0.303 e. The van der Waals surface area contributed by atoms with E-state index < -0.39 is 5.54 Å². The van der Waals surface area contributed by atoms with Gasteiger partial charge in [-0.3, -0.25) is 14.6 Å². The molecule has 0 N–H and O–H groups in total. The van der Waals surface area contributed by atoms with Crippen LogP contribution in [0.15, 0.2) is 36.4 Å². The fourth-order valence-electron chi connectivity index (χ4n) is 5.08. The molecule has 1 heterocycles. The summed E-state index contributed by atoms with van der Waals surface area (Å²) in [6.45, 7) is 13.2. The zero-order valence-corrected chi connectivity index (χ0v) is 21.1. The summed E-state index contributed by atoms with van der Waals surface area (Å²) in [7, 11) is 2.07. The highest BCUT2D eigenvalue weighted by Crippen LogP contribution is 2.38. The number of hydrogen-bond acceptors (Lipinski definition) is 3. The molecule has 1 aliphatic carbocycles. The van der Waals surface area contributed by atoms with Crippen molar-refractivity contribution in [3.8, 4) is 0 Å². The standard InChI is InChI=1S/C27H31FN4OS/c1-18-15-21(13-14-24(18)29-4)31-25(33)27(2,3)32(26(31)34)22-12-11-19(23(28)16-22)17-30(5)20-9-7-6-8-10-20/h11-16,20H,6-10,17H2,1-3,5H3. The third-order valence-electron chi connectivity index (χ3n) is 7.14. The van der Waals surface area contributed by atoms with Gasteiger partial charge < -0.3 is 4.90 Å². The molecule has 1 amide bonds. The van der Waals surface area contributed by atoms with E-state index in [4.69, 9.17) is 18.8 Å². The van der Waals surface area contributed by atoms with Crippen LogP contribution in [0.1, 0.15) is 57.1 Å². The molecule has 2 aliphatic rings. The molecule has 2 aromatic rings. The summed E-state index contributed by atoms with van der Waals surface area (Å²) in [5.74, 6) is -0.476. The van der Waals surface area contributed by atoms with Crippen LogP contribution in [-0.4, -0.2) is 34.5 Å². The van der Waals surface area contributed by atoms with E-state index in [0.29, 0.717) is 40.3 Å². The van der Waals surface area contributed by atoms with Crippen molar-refractivity contribution < 1.29 is 9.18 Å². The first-order chi connectivity index (χ1) is 16.1. The molecule has 2 aromatic carbocycles. The van der Waals surface area contributed by atoms with Crippen LogP contribution in [-0.2, 0) is 11.3 Å². The Morgan fingerprint density at radius 2 is 1.82 bits per heavy atom. The number of carbonyl (C=O) groups excluding carboxylic acids is 1. The SMILES string of the molecule is [C-]#[N+]c1ccc(N2C(=O)C(C)(C)N(c3ccc(CN(C)C4CCCCC4)c(F)c3)C2=S)cc1C. The average Bonchev–Trinajstić information content (AvgIpc) is 2.99. The zero-order valence-electron chi connectivity index (χ0n) is 20.3. The Hall–Kier alpha value is -2.82. The molecule has 5 nitrogen and oxygen atoms in total. The molecule has 0 unspecified atom stereocenters. The molecule has 4 rings (SSSR count). The van der Waals surface area contributed by atoms with E-state index in [2.05, 4.69) is 16.8 Å². The summed E-state index contributed by atoms with van der Waals surface area (Å²) in [4.78, 5) is 22.3. The number of thiocarbonyl (C=S) groups is 1. The minimum Gasteiger partial charge on any atom is -0.303 e. The molecule has 178 valence electrons. The topological polar surface area (TPSA) is 31.2 Å². The summed E-state index contributed by atoms with van der Waals surface area (Å²) in [6, 6.07) is 10.9. The number of halogens is 1. The molecule has 34 heavy (non-hydrogen) atoms. The highest BCUT2D eigenvalue weighted by molar-refractivity contribution is 7.81. The number of nitrogens with zero attached hydrogens (tertiary/aromatic N) is 4. The van der Waals surface area contributed by atoms with Gasteiger partial charge in [-0.25, -0.2) is 9.24 Å². The lowest BCUT2D eigenvalue weighted by molar-refractivity contribution is -0.120. The van der Waals surface area contributed by atoms with E-state index in [1.54, 1.807) is 36.9 Å². The van der Waals surface area contributed by atoms with Crippen molar-refractivity contribution in [2.24, 2.45) is 0 Å². The minimum absolute atomic E-state index is 0.186. The Morgan fingerprint density at radius 1 is 1.15 bits per heavy atom. The Bertz CT molecular complexity index is 1170. The van der Waals surface area contributed by atoms with Crippen molar-refractivity contribution >= 4 is 40.3 Å². The molecule has 0 radical (unpaired) electrons. The first kappa shape index (κ1) is 24.3. The molecule has 0 atom stereocenters. The lowest BCUT2D eigenvalue weighted by Crippen LogP contribution is -2.44. The summed E-state index contributed by atoms with van der Waals surface area (Å²) < 4.78 is 15.2. The first-order valence-electron chi connectivity index (χ1n) is 11.8. The van der Waals surface area contributed by atoms with Crippen LogP contribution < -0.4 is 9.80 Å². The van der Waals surface area contributed by atoms with Gasteiger partial charge in [0, 0.05) is 29.5 Å². The summed E-state index contributed by atoms with van der Waals surface area (Å²) in [5.41, 5.74) is 2.15. The van der Waals surface area contributed by atoms with Gasteiger partial charge >= 0.3 is 0 Å². The smallest absolute Gasteiger partial charge is 0.259 e. The molecule has 7 heteroatoms. The van der Waals surface area contributed by atoms with Gasteiger partial charge in [-0.1, -0.05) is 31.4 Å². The molecule has 1 saturated heterocycles. The molecular weight excluding hydrogens is 447 g/mol. The van der Waals surface area contributed by atoms with E-state index in [0.717, 1.165) is 5.56 Å². The van der Waals surface area contributed by atoms with Crippen LogP contribution in [0, 0.1) is 19.3 Å². The van der Waals surface area contributed by atoms with Crippen molar-refractivity contribution in [1.29, 1.82) is 0 Å². The summed E-state index contributed by atoms with van der Waals surface area (Å²) in [6.07, 6.45) is 6.10. The molecule has 2 fully saturated rings.